The summed E-state index contributed by atoms with van der Waals surface area (Å²) < 4.78 is 27.4. The predicted octanol–water partition coefficient (Wildman–Crippen LogP) is 3.17. The van der Waals surface area contributed by atoms with E-state index in [9.17, 15) is 13.2 Å². The van der Waals surface area contributed by atoms with Gasteiger partial charge in [0.25, 0.3) is 5.91 Å². The van der Waals surface area contributed by atoms with Crippen LogP contribution in [0.5, 0.6) is 0 Å². The lowest BCUT2D eigenvalue weighted by molar-refractivity contribution is 0.0939. The second-order valence-electron chi connectivity index (χ2n) is 6.48. The van der Waals surface area contributed by atoms with Gasteiger partial charge in [0.05, 0.1) is 4.90 Å². The average Bonchev–Trinajstić information content (AvgIpc) is 2.61. The lowest BCUT2D eigenvalue weighted by Gasteiger charge is -2.34. The van der Waals surface area contributed by atoms with Gasteiger partial charge in [-0.25, -0.2) is 8.42 Å². The first kappa shape index (κ1) is 18.9. The van der Waals surface area contributed by atoms with Gasteiger partial charge < -0.3 is 5.32 Å². The summed E-state index contributed by atoms with van der Waals surface area (Å²) in [6.07, 6.45) is 4.59. The molecule has 1 aromatic rings. The minimum atomic E-state index is -3.49. The minimum Gasteiger partial charge on any atom is -0.350 e. The third-order valence-electron chi connectivity index (χ3n) is 4.76. The topological polar surface area (TPSA) is 66.5 Å². The van der Waals surface area contributed by atoms with Crippen molar-refractivity contribution >= 4 is 15.9 Å². The molecule has 0 bridgehead atoms. The number of carbonyl (C=O) groups is 1. The Morgan fingerprint density at radius 3 is 2.50 bits per heavy atom. The van der Waals surface area contributed by atoms with Gasteiger partial charge >= 0.3 is 0 Å². The minimum absolute atomic E-state index is 0.0807. The highest BCUT2D eigenvalue weighted by atomic mass is 32.2. The van der Waals surface area contributed by atoms with Gasteiger partial charge in [-0.15, -0.1) is 0 Å². The fraction of sp³-hybridized carbons (Fsp3) is 0.611. The molecule has 0 aliphatic carbocycles. The Bertz CT molecular complexity index is 655. The van der Waals surface area contributed by atoms with Gasteiger partial charge in [-0.3, -0.25) is 4.79 Å². The van der Waals surface area contributed by atoms with Crippen molar-refractivity contribution in [1.29, 1.82) is 0 Å². The standard InChI is InChI=1S/C18H28N2O3S/c1-4-14(3)19-18(21)15-9-11-17(12-10-15)24(22,23)20-13-7-6-8-16(20)5-2/h9-12,14,16H,4-8,13H2,1-3H3,(H,19,21). The molecule has 2 unspecified atom stereocenters. The summed E-state index contributed by atoms with van der Waals surface area (Å²) in [4.78, 5) is 12.4. The number of hydrogen-bond acceptors (Lipinski definition) is 3. The molecule has 2 rings (SSSR count). The molecule has 1 aliphatic rings. The Hall–Kier alpha value is -1.40. The molecule has 134 valence electrons. The highest BCUT2D eigenvalue weighted by Gasteiger charge is 2.32. The van der Waals surface area contributed by atoms with E-state index in [1.165, 1.54) is 0 Å². The second-order valence-corrected chi connectivity index (χ2v) is 8.37. The van der Waals surface area contributed by atoms with Crippen LogP contribution >= 0.6 is 0 Å². The Morgan fingerprint density at radius 1 is 1.25 bits per heavy atom. The number of sulfonamides is 1. The number of nitrogens with zero attached hydrogens (tertiary/aromatic N) is 1. The molecule has 1 N–H and O–H groups in total. The van der Waals surface area contributed by atoms with Gasteiger partial charge in [0.2, 0.25) is 10.0 Å². The molecule has 0 spiro atoms. The molecular weight excluding hydrogens is 324 g/mol. The zero-order valence-electron chi connectivity index (χ0n) is 14.8. The molecule has 0 aromatic heterocycles. The monoisotopic (exact) mass is 352 g/mol. The zero-order chi connectivity index (χ0) is 17.7. The maximum atomic E-state index is 12.9. The molecule has 1 aliphatic heterocycles. The van der Waals surface area contributed by atoms with Crippen molar-refractivity contribution in [1.82, 2.24) is 9.62 Å². The van der Waals surface area contributed by atoms with Crippen LogP contribution in [-0.4, -0.2) is 37.3 Å². The normalized spacial score (nSPS) is 20.5. The van der Waals surface area contributed by atoms with E-state index in [0.29, 0.717) is 12.1 Å². The van der Waals surface area contributed by atoms with E-state index >= 15 is 0 Å². The smallest absolute Gasteiger partial charge is 0.251 e. The van der Waals surface area contributed by atoms with Crippen molar-refractivity contribution < 1.29 is 13.2 Å². The molecule has 1 fully saturated rings. The maximum Gasteiger partial charge on any atom is 0.251 e. The van der Waals surface area contributed by atoms with Crippen molar-refractivity contribution in [2.45, 2.75) is 69.9 Å². The summed E-state index contributed by atoms with van der Waals surface area (Å²) >= 11 is 0. The molecule has 0 saturated carbocycles. The quantitative estimate of drug-likeness (QED) is 0.855. The Kier molecular flexibility index (Phi) is 6.40. The third kappa shape index (κ3) is 4.16. The molecule has 6 heteroatoms. The van der Waals surface area contributed by atoms with E-state index in [4.69, 9.17) is 0 Å². The summed E-state index contributed by atoms with van der Waals surface area (Å²) in [5, 5.41) is 2.88. The summed E-state index contributed by atoms with van der Waals surface area (Å²) in [6.45, 7) is 6.55. The molecule has 1 saturated heterocycles. The number of rotatable bonds is 6. The van der Waals surface area contributed by atoms with E-state index in [1.807, 2.05) is 20.8 Å². The highest BCUT2D eigenvalue weighted by Crippen LogP contribution is 2.27. The van der Waals surface area contributed by atoms with Gasteiger partial charge in [0.15, 0.2) is 0 Å². The van der Waals surface area contributed by atoms with Crippen LogP contribution in [0.4, 0.5) is 0 Å². The first-order valence-electron chi connectivity index (χ1n) is 8.82. The SMILES string of the molecule is CCC(C)NC(=O)c1ccc(S(=O)(=O)N2CCCCC2CC)cc1. The number of hydrogen-bond donors (Lipinski definition) is 1. The van der Waals surface area contributed by atoms with Crippen LogP contribution in [0, 0.1) is 0 Å². The first-order chi connectivity index (χ1) is 11.4. The van der Waals surface area contributed by atoms with E-state index in [1.54, 1.807) is 28.6 Å². The highest BCUT2D eigenvalue weighted by molar-refractivity contribution is 7.89. The molecule has 1 aromatic carbocycles. The van der Waals surface area contributed by atoms with Crippen molar-refractivity contribution in [2.75, 3.05) is 6.54 Å². The van der Waals surface area contributed by atoms with Crippen molar-refractivity contribution in [2.24, 2.45) is 0 Å². The number of nitrogens with one attached hydrogen (secondary N) is 1. The number of carbonyl (C=O) groups excluding carboxylic acids is 1. The Morgan fingerprint density at radius 2 is 1.92 bits per heavy atom. The van der Waals surface area contributed by atoms with Crippen LogP contribution in [0.25, 0.3) is 0 Å². The number of benzene rings is 1. The number of piperidine rings is 1. The fourth-order valence-corrected chi connectivity index (χ4v) is 4.79. The maximum absolute atomic E-state index is 12.9. The molecule has 1 amide bonds. The number of amides is 1. The zero-order valence-corrected chi connectivity index (χ0v) is 15.6. The Balaban J connectivity index is 2.18. The largest absolute Gasteiger partial charge is 0.350 e. The molecule has 1 heterocycles. The molecule has 2 atom stereocenters. The molecular formula is C18H28N2O3S. The van der Waals surface area contributed by atoms with Gasteiger partial charge in [-0.05, 0) is 56.9 Å². The summed E-state index contributed by atoms with van der Waals surface area (Å²) in [5.74, 6) is -0.169. The van der Waals surface area contributed by atoms with E-state index in [0.717, 1.165) is 32.1 Å². The third-order valence-corrected chi connectivity index (χ3v) is 6.72. The van der Waals surface area contributed by atoms with Gasteiger partial charge in [-0.2, -0.15) is 4.31 Å². The molecule has 0 radical (unpaired) electrons. The Labute approximate surface area is 145 Å². The summed E-state index contributed by atoms with van der Waals surface area (Å²) in [6, 6.07) is 6.45. The van der Waals surface area contributed by atoms with Crippen molar-refractivity contribution in [3.63, 3.8) is 0 Å². The van der Waals surface area contributed by atoms with Crippen LogP contribution in [0.15, 0.2) is 29.2 Å². The van der Waals surface area contributed by atoms with Crippen LogP contribution in [-0.2, 0) is 10.0 Å². The summed E-state index contributed by atoms with van der Waals surface area (Å²) in [5.41, 5.74) is 0.486. The fourth-order valence-electron chi connectivity index (χ4n) is 3.02. The van der Waals surface area contributed by atoms with E-state index in [-0.39, 0.29) is 22.9 Å². The summed E-state index contributed by atoms with van der Waals surface area (Å²) in [7, 11) is -3.49. The lowest BCUT2D eigenvalue weighted by atomic mass is 10.0. The van der Waals surface area contributed by atoms with Crippen molar-refractivity contribution in [3.8, 4) is 0 Å². The second kappa shape index (κ2) is 8.12. The lowest BCUT2D eigenvalue weighted by Crippen LogP contribution is -2.43. The first-order valence-corrected chi connectivity index (χ1v) is 10.3. The van der Waals surface area contributed by atoms with Crippen LogP contribution in [0.2, 0.25) is 0 Å². The molecule has 5 nitrogen and oxygen atoms in total. The van der Waals surface area contributed by atoms with Crippen LogP contribution < -0.4 is 5.32 Å². The van der Waals surface area contributed by atoms with E-state index < -0.39 is 10.0 Å². The van der Waals surface area contributed by atoms with Gasteiger partial charge in [-0.1, -0.05) is 20.3 Å². The van der Waals surface area contributed by atoms with E-state index in [2.05, 4.69) is 5.32 Å². The van der Waals surface area contributed by atoms with Crippen LogP contribution in [0.3, 0.4) is 0 Å². The van der Waals surface area contributed by atoms with Gasteiger partial charge in [0.1, 0.15) is 0 Å². The predicted molar refractivity (Wildman–Crippen MR) is 95.5 cm³/mol. The average molecular weight is 353 g/mol. The van der Waals surface area contributed by atoms with Gasteiger partial charge in [0, 0.05) is 24.2 Å². The molecule has 24 heavy (non-hydrogen) atoms. The van der Waals surface area contributed by atoms with Crippen LogP contribution in [0.1, 0.15) is 63.2 Å². The van der Waals surface area contributed by atoms with Crippen molar-refractivity contribution in [3.05, 3.63) is 29.8 Å².